The second kappa shape index (κ2) is 14.3. The first-order valence-electron chi connectivity index (χ1n) is 13.3. The van der Waals surface area contributed by atoms with Gasteiger partial charge in [0, 0.05) is 18.8 Å². The van der Waals surface area contributed by atoms with E-state index in [-0.39, 0.29) is 17.3 Å². The summed E-state index contributed by atoms with van der Waals surface area (Å²) in [6.07, 6.45) is 11.1. The van der Waals surface area contributed by atoms with Crippen LogP contribution in [0.4, 0.5) is 16.2 Å². The number of nitrogens with one attached hydrogen (secondary N) is 1. The second-order valence-corrected chi connectivity index (χ2v) is 10.5. The Morgan fingerprint density at radius 1 is 1.18 bits per heavy atom. The SMILES string of the molecule is C=C/C=C\C/C(=C\C)COC(=O)N1CCCC1.O=CNc1ccc(C2SC3=Nc4ccccc4CN3C2=O)cc1. The molecule has 2 fully saturated rings. The minimum atomic E-state index is -0.284. The van der Waals surface area contributed by atoms with E-state index in [4.69, 9.17) is 4.74 Å². The number of carbonyl (C=O) groups excluding carboxylic acids is 3. The Morgan fingerprint density at radius 2 is 1.93 bits per heavy atom. The van der Waals surface area contributed by atoms with Crippen LogP contribution in [0, 0.1) is 0 Å². The maximum absolute atomic E-state index is 12.7. The van der Waals surface area contributed by atoms with Gasteiger partial charge in [-0.15, -0.1) is 0 Å². The van der Waals surface area contributed by atoms with Gasteiger partial charge in [0.05, 0.1) is 12.2 Å². The molecule has 1 N–H and O–H groups in total. The second-order valence-electron chi connectivity index (χ2n) is 9.39. The number of para-hydroxylation sites is 1. The number of thioether (sulfide) groups is 1. The molecule has 0 aromatic heterocycles. The van der Waals surface area contributed by atoms with Crippen LogP contribution in [0.3, 0.4) is 0 Å². The molecule has 1 unspecified atom stereocenters. The van der Waals surface area contributed by atoms with Gasteiger partial charge in [-0.05, 0) is 61.1 Å². The number of likely N-dealkylation sites (tertiary alicyclic amines) is 1. The van der Waals surface area contributed by atoms with E-state index in [0.29, 0.717) is 25.2 Å². The molecule has 8 nitrogen and oxygen atoms in total. The predicted molar refractivity (Wildman–Crippen MR) is 160 cm³/mol. The van der Waals surface area contributed by atoms with Gasteiger partial charge in [0.25, 0.3) is 0 Å². The molecule has 3 heterocycles. The first kappa shape index (κ1) is 28.9. The molecular weight excluding hydrogens is 524 g/mol. The van der Waals surface area contributed by atoms with E-state index in [0.717, 1.165) is 59.9 Å². The average molecular weight is 559 g/mol. The van der Waals surface area contributed by atoms with E-state index in [9.17, 15) is 14.4 Å². The van der Waals surface area contributed by atoms with Crippen molar-refractivity contribution >= 4 is 46.7 Å². The minimum absolute atomic E-state index is 0.0550. The number of anilines is 1. The molecule has 0 aliphatic carbocycles. The molecule has 9 heteroatoms. The first-order chi connectivity index (χ1) is 19.5. The summed E-state index contributed by atoms with van der Waals surface area (Å²) in [5.74, 6) is 0.0550. The average Bonchev–Trinajstić information content (AvgIpc) is 3.63. The Hall–Kier alpha value is -4.11. The number of hydrogen-bond donors (Lipinski definition) is 1. The van der Waals surface area contributed by atoms with Gasteiger partial charge in [0.1, 0.15) is 11.9 Å². The maximum Gasteiger partial charge on any atom is 0.410 e. The van der Waals surface area contributed by atoms with Gasteiger partial charge in [0.2, 0.25) is 12.3 Å². The van der Waals surface area contributed by atoms with E-state index in [1.807, 2.05) is 61.5 Å². The summed E-state index contributed by atoms with van der Waals surface area (Å²) in [4.78, 5) is 42.9. The molecule has 2 aromatic carbocycles. The normalized spacial score (nSPS) is 17.9. The van der Waals surface area contributed by atoms with Crippen LogP contribution in [0.2, 0.25) is 0 Å². The van der Waals surface area contributed by atoms with Crippen LogP contribution >= 0.6 is 11.8 Å². The third kappa shape index (κ3) is 7.30. The summed E-state index contributed by atoms with van der Waals surface area (Å²) < 4.78 is 5.27. The number of rotatable bonds is 8. The number of hydrogen-bond acceptors (Lipinski definition) is 6. The first-order valence-corrected chi connectivity index (χ1v) is 14.2. The van der Waals surface area contributed by atoms with Crippen LogP contribution in [0.1, 0.15) is 42.6 Å². The lowest BCUT2D eigenvalue weighted by Gasteiger charge is -2.21. The molecule has 0 bridgehead atoms. The number of nitrogens with zero attached hydrogens (tertiary/aromatic N) is 3. The molecule has 0 saturated carbocycles. The summed E-state index contributed by atoms with van der Waals surface area (Å²) in [7, 11) is 0. The maximum atomic E-state index is 12.7. The third-order valence-electron chi connectivity index (χ3n) is 6.73. The highest BCUT2D eigenvalue weighted by Gasteiger charge is 2.40. The molecule has 3 aliphatic rings. The summed E-state index contributed by atoms with van der Waals surface area (Å²) in [6.45, 7) is 8.19. The number of fused-ring (bicyclic) bond motifs is 2. The Labute approximate surface area is 239 Å². The zero-order valence-corrected chi connectivity index (χ0v) is 23.4. The van der Waals surface area contributed by atoms with Crippen molar-refractivity contribution in [2.75, 3.05) is 25.0 Å². The number of benzene rings is 2. The number of amides is 3. The van der Waals surface area contributed by atoms with Crippen LogP contribution in [0.5, 0.6) is 0 Å². The standard InChI is InChI=1S/C17H13N3O2S.C14H21NO2/c21-10-18-13-7-5-11(6-8-13)15-16(22)20-9-12-3-1-2-4-14(12)19-17(20)23-15;1-3-5-6-9-13(4-2)12-17-14(16)15-10-7-8-11-15/h1-8,10,15H,9H2,(H,18,21);3-6H,1,7-12H2,2H3/b;6-5-,13-4+. The van der Waals surface area contributed by atoms with Crippen molar-refractivity contribution in [1.29, 1.82) is 0 Å². The quantitative estimate of drug-likeness (QED) is 0.231. The fraction of sp³-hybridized carbons (Fsp3) is 0.290. The lowest BCUT2D eigenvalue weighted by molar-refractivity contribution is -0.126. The van der Waals surface area contributed by atoms with Crippen molar-refractivity contribution in [3.63, 3.8) is 0 Å². The zero-order chi connectivity index (χ0) is 28.3. The van der Waals surface area contributed by atoms with E-state index >= 15 is 0 Å². The number of ether oxygens (including phenoxy) is 1. The molecule has 40 heavy (non-hydrogen) atoms. The molecule has 2 saturated heterocycles. The van der Waals surface area contributed by atoms with Gasteiger partial charge in [-0.1, -0.05) is 73.0 Å². The summed E-state index contributed by atoms with van der Waals surface area (Å²) in [5, 5.41) is 3.07. The fourth-order valence-electron chi connectivity index (χ4n) is 4.47. The largest absolute Gasteiger partial charge is 0.445 e. The van der Waals surface area contributed by atoms with Crippen molar-refractivity contribution in [1.82, 2.24) is 9.80 Å². The molecule has 5 rings (SSSR count). The molecule has 1 atom stereocenters. The third-order valence-corrected chi connectivity index (χ3v) is 7.96. The highest BCUT2D eigenvalue weighted by molar-refractivity contribution is 8.15. The van der Waals surface area contributed by atoms with Crippen molar-refractivity contribution in [2.45, 2.75) is 38.0 Å². The van der Waals surface area contributed by atoms with E-state index in [1.165, 1.54) is 11.8 Å². The smallest absolute Gasteiger partial charge is 0.410 e. The molecule has 2 aromatic rings. The van der Waals surface area contributed by atoms with Gasteiger partial charge in [-0.3, -0.25) is 14.5 Å². The lowest BCUT2D eigenvalue weighted by Crippen LogP contribution is -2.31. The Bertz CT molecular complexity index is 1310. The Morgan fingerprint density at radius 3 is 2.62 bits per heavy atom. The zero-order valence-electron chi connectivity index (χ0n) is 22.6. The molecular formula is C31H34N4O4S. The van der Waals surface area contributed by atoms with Gasteiger partial charge >= 0.3 is 6.09 Å². The van der Waals surface area contributed by atoms with Gasteiger partial charge < -0.3 is 15.0 Å². The summed E-state index contributed by atoms with van der Waals surface area (Å²) >= 11 is 1.48. The predicted octanol–water partition coefficient (Wildman–Crippen LogP) is 6.37. The highest BCUT2D eigenvalue weighted by atomic mass is 32.2. The van der Waals surface area contributed by atoms with Crippen molar-refractivity contribution < 1.29 is 19.1 Å². The van der Waals surface area contributed by atoms with Gasteiger partial charge in [0.15, 0.2) is 5.17 Å². The van der Waals surface area contributed by atoms with Crippen LogP contribution in [-0.2, 0) is 20.9 Å². The van der Waals surface area contributed by atoms with Crippen LogP contribution in [0.25, 0.3) is 0 Å². The number of allylic oxidation sites excluding steroid dienone is 4. The van der Waals surface area contributed by atoms with Crippen molar-refractivity contribution in [3.8, 4) is 0 Å². The lowest BCUT2D eigenvalue weighted by atomic mass is 10.1. The minimum Gasteiger partial charge on any atom is -0.445 e. The Balaban J connectivity index is 0.000000195. The van der Waals surface area contributed by atoms with E-state index in [2.05, 4.69) is 16.9 Å². The summed E-state index contributed by atoms with van der Waals surface area (Å²) in [6, 6.07) is 15.2. The number of carbonyl (C=O) groups is 3. The van der Waals surface area contributed by atoms with Gasteiger partial charge in [-0.2, -0.15) is 0 Å². The molecule has 208 valence electrons. The molecule has 3 aliphatic heterocycles. The topological polar surface area (TPSA) is 91.3 Å². The van der Waals surface area contributed by atoms with Crippen LogP contribution < -0.4 is 5.32 Å². The molecule has 3 amide bonds. The highest BCUT2D eigenvalue weighted by Crippen LogP contribution is 2.44. The van der Waals surface area contributed by atoms with Gasteiger partial charge in [-0.25, -0.2) is 9.79 Å². The Kier molecular flexibility index (Phi) is 10.3. The van der Waals surface area contributed by atoms with Crippen LogP contribution in [0.15, 0.2) is 90.0 Å². The monoisotopic (exact) mass is 558 g/mol. The van der Waals surface area contributed by atoms with E-state index in [1.54, 1.807) is 28.0 Å². The van der Waals surface area contributed by atoms with Crippen LogP contribution in [-0.4, -0.2) is 53.1 Å². The molecule has 0 radical (unpaired) electrons. The molecule has 0 spiro atoms. The van der Waals surface area contributed by atoms with Crippen molar-refractivity contribution in [2.24, 2.45) is 4.99 Å². The van der Waals surface area contributed by atoms with Crippen molar-refractivity contribution in [3.05, 3.63) is 96.1 Å². The number of amidine groups is 1. The van der Waals surface area contributed by atoms with E-state index < -0.39 is 0 Å². The fourth-order valence-corrected chi connectivity index (χ4v) is 5.63. The number of aliphatic imine (C=N–C) groups is 1. The summed E-state index contributed by atoms with van der Waals surface area (Å²) in [5.41, 5.74) is 4.73.